The van der Waals surface area contributed by atoms with Crippen molar-refractivity contribution in [3.63, 3.8) is 0 Å². The zero-order valence-corrected chi connectivity index (χ0v) is 10.8. The van der Waals surface area contributed by atoms with Crippen LogP contribution in [0.1, 0.15) is 5.69 Å². The second kappa shape index (κ2) is 6.80. The molecule has 0 fully saturated rings. The minimum absolute atomic E-state index is 0.725. The van der Waals surface area contributed by atoms with Crippen LogP contribution in [-0.4, -0.2) is 37.1 Å². The summed E-state index contributed by atoms with van der Waals surface area (Å²) >= 11 is 3.45. The van der Waals surface area contributed by atoms with E-state index >= 15 is 0 Å². The van der Waals surface area contributed by atoms with E-state index in [4.69, 9.17) is 4.74 Å². The van der Waals surface area contributed by atoms with E-state index in [0.717, 1.165) is 36.5 Å². The van der Waals surface area contributed by atoms with E-state index < -0.39 is 0 Å². The molecule has 1 rings (SSSR count). The van der Waals surface area contributed by atoms with Crippen LogP contribution in [-0.2, 0) is 4.74 Å². The number of hydrogen-bond acceptors (Lipinski definition) is 3. The largest absolute Gasteiger partial charge is 0.383 e. The lowest BCUT2D eigenvalue weighted by molar-refractivity contribution is 0.205. The first kappa shape index (κ1) is 12.5. The van der Waals surface area contributed by atoms with Gasteiger partial charge in [0.05, 0.1) is 6.61 Å². The van der Waals surface area contributed by atoms with Crippen molar-refractivity contribution < 1.29 is 4.74 Å². The van der Waals surface area contributed by atoms with Crippen LogP contribution in [0.25, 0.3) is 0 Å². The van der Waals surface area contributed by atoms with E-state index in [1.165, 1.54) is 0 Å². The summed E-state index contributed by atoms with van der Waals surface area (Å²) in [5.41, 5.74) is 1.05. The molecule has 1 aromatic rings. The maximum Gasteiger partial charge on any atom is 0.128 e. The Hall–Kier alpha value is -0.610. The smallest absolute Gasteiger partial charge is 0.128 e. The summed E-state index contributed by atoms with van der Waals surface area (Å²) in [6, 6.07) is 6.07. The number of pyridine rings is 1. The number of aryl methyl sites for hydroxylation is 1. The molecule has 84 valence electrons. The number of nitrogens with zero attached hydrogens (tertiary/aromatic N) is 2. The summed E-state index contributed by atoms with van der Waals surface area (Å²) in [6.45, 7) is 4.55. The van der Waals surface area contributed by atoms with E-state index in [2.05, 4.69) is 25.8 Å². The number of alkyl halides is 1. The Morgan fingerprint density at radius 3 is 2.80 bits per heavy atom. The number of ether oxygens (including phenoxy) is 1. The predicted molar refractivity (Wildman–Crippen MR) is 66.9 cm³/mol. The molecule has 4 heteroatoms. The Morgan fingerprint density at radius 2 is 2.20 bits per heavy atom. The summed E-state index contributed by atoms with van der Waals surface area (Å²) in [4.78, 5) is 6.71. The number of aromatic nitrogens is 1. The van der Waals surface area contributed by atoms with Crippen molar-refractivity contribution in [2.24, 2.45) is 0 Å². The Labute approximate surface area is 99.6 Å². The van der Waals surface area contributed by atoms with Gasteiger partial charge in [-0.1, -0.05) is 22.0 Å². The van der Waals surface area contributed by atoms with Gasteiger partial charge in [-0.3, -0.25) is 0 Å². The number of anilines is 1. The maximum atomic E-state index is 5.09. The van der Waals surface area contributed by atoms with Crippen molar-refractivity contribution in [3.05, 3.63) is 23.9 Å². The van der Waals surface area contributed by atoms with Crippen molar-refractivity contribution in [1.82, 2.24) is 4.98 Å². The molecule has 1 aromatic heterocycles. The first-order chi connectivity index (χ1) is 7.27. The number of halogens is 1. The molecular weight excluding hydrogens is 256 g/mol. The molecule has 0 radical (unpaired) electrons. The van der Waals surface area contributed by atoms with E-state index in [1.54, 1.807) is 7.11 Å². The summed E-state index contributed by atoms with van der Waals surface area (Å²) < 4.78 is 5.09. The van der Waals surface area contributed by atoms with E-state index in [0.29, 0.717) is 0 Å². The molecule has 0 amide bonds. The van der Waals surface area contributed by atoms with E-state index in [1.807, 2.05) is 25.1 Å². The van der Waals surface area contributed by atoms with Gasteiger partial charge in [0.2, 0.25) is 0 Å². The lowest BCUT2D eigenvalue weighted by atomic mass is 10.3. The summed E-state index contributed by atoms with van der Waals surface area (Å²) in [5, 5.41) is 0.937. The van der Waals surface area contributed by atoms with Gasteiger partial charge in [-0.25, -0.2) is 4.98 Å². The van der Waals surface area contributed by atoms with E-state index in [-0.39, 0.29) is 0 Å². The normalized spacial score (nSPS) is 10.3. The zero-order valence-electron chi connectivity index (χ0n) is 9.24. The van der Waals surface area contributed by atoms with Crippen LogP contribution >= 0.6 is 15.9 Å². The molecule has 0 aromatic carbocycles. The SMILES string of the molecule is COCCN(CCBr)c1cccc(C)n1. The van der Waals surface area contributed by atoms with Crippen molar-refractivity contribution in [2.45, 2.75) is 6.92 Å². The van der Waals surface area contributed by atoms with Gasteiger partial charge in [-0.2, -0.15) is 0 Å². The van der Waals surface area contributed by atoms with Crippen molar-refractivity contribution in [1.29, 1.82) is 0 Å². The molecule has 0 aliphatic carbocycles. The maximum absolute atomic E-state index is 5.09. The van der Waals surface area contributed by atoms with Gasteiger partial charge in [-0.05, 0) is 19.1 Å². The molecule has 0 bridgehead atoms. The highest BCUT2D eigenvalue weighted by Gasteiger charge is 2.06. The number of rotatable bonds is 6. The Balaban J connectivity index is 2.69. The lowest BCUT2D eigenvalue weighted by Gasteiger charge is -2.22. The highest BCUT2D eigenvalue weighted by Crippen LogP contribution is 2.11. The topological polar surface area (TPSA) is 25.4 Å². The summed E-state index contributed by atoms with van der Waals surface area (Å²) in [5.74, 6) is 1.02. The Morgan fingerprint density at radius 1 is 1.40 bits per heavy atom. The molecule has 0 N–H and O–H groups in total. The zero-order chi connectivity index (χ0) is 11.1. The van der Waals surface area contributed by atoms with Crippen LogP contribution in [0.2, 0.25) is 0 Å². The van der Waals surface area contributed by atoms with Crippen LogP contribution in [0.15, 0.2) is 18.2 Å². The molecule has 0 saturated carbocycles. The fraction of sp³-hybridized carbons (Fsp3) is 0.545. The molecule has 0 saturated heterocycles. The molecule has 0 unspecified atom stereocenters. The first-order valence-corrected chi connectivity index (χ1v) is 6.13. The second-order valence-electron chi connectivity index (χ2n) is 3.31. The van der Waals surface area contributed by atoms with Crippen LogP contribution in [0.4, 0.5) is 5.82 Å². The average Bonchev–Trinajstić information content (AvgIpc) is 2.24. The minimum Gasteiger partial charge on any atom is -0.383 e. The van der Waals surface area contributed by atoms with Crippen LogP contribution < -0.4 is 4.90 Å². The molecule has 0 aliphatic rings. The molecule has 0 spiro atoms. The van der Waals surface area contributed by atoms with Crippen molar-refractivity contribution in [2.75, 3.05) is 37.0 Å². The average molecular weight is 273 g/mol. The van der Waals surface area contributed by atoms with Crippen molar-refractivity contribution in [3.8, 4) is 0 Å². The Kier molecular flexibility index (Phi) is 5.65. The van der Waals surface area contributed by atoms with E-state index in [9.17, 15) is 0 Å². The van der Waals surface area contributed by atoms with Gasteiger partial charge in [0.1, 0.15) is 5.82 Å². The molecule has 15 heavy (non-hydrogen) atoms. The predicted octanol–water partition coefficient (Wildman–Crippen LogP) is 2.24. The molecule has 3 nitrogen and oxygen atoms in total. The third kappa shape index (κ3) is 4.18. The quantitative estimate of drug-likeness (QED) is 0.743. The van der Waals surface area contributed by atoms with Crippen molar-refractivity contribution >= 4 is 21.7 Å². The highest BCUT2D eigenvalue weighted by molar-refractivity contribution is 9.09. The van der Waals surface area contributed by atoms with Gasteiger partial charge in [0, 0.05) is 31.2 Å². The third-order valence-electron chi connectivity index (χ3n) is 2.12. The van der Waals surface area contributed by atoms with Gasteiger partial charge in [-0.15, -0.1) is 0 Å². The summed E-state index contributed by atoms with van der Waals surface area (Å²) in [7, 11) is 1.72. The van der Waals surface area contributed by atoms with Gasteiger partial charge in [0.25, 0.3) is 0 Å². The fourth-order valence-electron chi connectivity index (χ4n) is 1.35. The van der Waals surface area contributed by atoms with Crippen LogP contribution in [0.3, 0.4) is 0 Å². The first-order valence-electron chi connectivity index (χ1n) is 5.01. The molecular formula is C11H17BrN2O. The van der Waals surface area contributed by atoms with Crippen LogP contribution in [0.5, 0.6) is 0 Å². The van der Waals surface area contributed by atoms with Gasteiger partial charge < -0.3 is 9.64 Å². The summed E-state index contributed by atoms with van der Waals surface area (Å²) in [6.07, 6.45) is 0. The standard InChI is InChI=1S/C11H17BrN2O/c1-10-4-3-5-11(13-10)14(7-6-12)8-9-15-2/h3-5H,6-9H2,1-2H3. The number of hydrogen-bond donors (Lipinski definition) is 0. The highest BCUT2D eigenvalue weighted by atomic mass is 79.9. The monoisotopic (exact) mass is 272 g/mol. The Bertz CT molecular complexity index is 294. The van der Waals surface area contributed by atoms with Gasteiger partial charge in [0.15, 0.2) is 0 Å². The molecule has 1 heterocycles. The molecule has 0 atom stereocenters. The minimum atomic E-state index is 0.725. The third-order valence-corrected chi connectivity index (χ3v) is 2.47. The van der Waals surface area contributed by atoms with Crippen LogP contribution in [0, 0.1) is 6.92 Å². The second-order valence-corrected chi connectivity index (χ2v) is 4.10. The lowest BCUT2D eigenvalue weighted by Crippen LogP contribution is -2.29. The fourth-order valence-corrected chi connectivity index (χ4v) is 1.78. The molecule has 0 aliphatic heterocycles. The number of methoxy groups -OCH3 is 1. The van der Waals surface area contributed by atoms with Gasteiger partial charge >= 0.3 is 0 Å².